The Hall–Kier alpha value is -1.75. The zero-order valence-corrected chi connectivity index (χ0v) is 12.5. The molecule has 0 aliphatic heterocycles. The zero-order valence-electron chi connectivity index (χ0n) is 12.5. The van der Waals surface area contributed by atoms with Gasteiger partial charge in [-0.25, -0.2) is 4.79 Å². The van der Waals surface area contributed by atoms with Crippen LogP contribution in [0.3, 0.4) is 0 Å². The molecule has 0 bridgehead atoms. The highest BCUT2D eigenvalue weighted by Crippen LogP contribution is 1.98. The summed E-state index contributed by atoms with van der Waals surface area (Å²) in [6, 6.07) is -2.91. The fraction of sp³-hybridized carbons (Fsp3) is 0.750. The molecule has 0 rings (SSSR count). The third kappa shape index (κ3) is 7.31. The Bertz CT molecular complexity index is 379. The number of hydrogen-bond donors (Lipinski definition) is 7. The van der Waals surface area contributed by atoms with Crippen LogP contribution in [0.2, 0.25) is 0 Å². The first-order valence-corrected chi connectivity index (χ1v) is 7.06. The van der Waals surface area contributed by atoms with Crippen LogP contribution in [0.4, 0.5) is 0 Å². The molecule has 2 amide bonds. The minimum atomic E-state index is -1.20. The van der Waals surface area contributed by atoms with Crippen molar-refractivity contribution in [2.24, 2.45) is 22.9 Å². The highest BCUT2D eigenvalue weighted by Gasteiger charge is 2.26. The SMILES string of the molecule is NCC[C@H](NC(=O)[C@H](CCN)NC(=O)[C@@H](N)CCN)C(=O)O. The van der Waals surface area contributed by atoms with E-state index in [2.05, 4.69) is 10.6 Å². The smallest absolute Gasteiger partial charge is 0.326 e. The van der Waals surface area contributed by atoms with Gasteiger partial charge in [0.2, 0.25) is 11.8 Å². The Morgan fingerprint density at radius 1 is 0.818 bits per heavy atom. The van der Waals surface area contributed by atoms with E-state index >= 15 is 0 Å². The van der Waals surface area contributed by atoms with Crippen molar-refractivity contribution in [1.29, 1.82) is 0 Å². The lowest BCUT2D eigenvalue weighted by Crippen LogP contribution is -2.55. The average Bonchev–Trinajstić information content (AvgIpc) is 2.46. The van der Waals surface area contributed by atoms with Crippen LogP contribution in [0.25, 0.3) is 0 Å². The predicted molar refractivity (Wildman–Crippen MR) is 80.5 cm³/mol. The van der Waals surface area contributed by atoms with E-state index in [1.807, 2.05) is 0 Å². The second-order valence-electron chi connectivity index (χ2n) is 4.80. The van der Waals surface area contributed by atoms with E-state index in [0.717, 1.165) is 0 Å². The van der Waals surface area contributed by atoms with Crippen LogP contribution in [0, 0.1) is 0 Å². The number of aliphatic carboxylic acids is 1. The number of carbonyl (C=O) groups is 3. The Labute approximate surface area is 128 Å². The molecule has 3 atom stereocenters. The molecule has 0 aliphatic carbocycles. The highest BCUT2D eigenvalue weighted by atomic mass is 16.4. The average molecular weight is 318 g/mol. The third-order valence-corrected chi connectivity index (χ3v) is 2.97. The topological polar surface area (TPSA) is 200 Å². The first-order valence-electron chi connectivity index (χ1n) is 7.06. The van der Waals surface area contributed by atoms with Crippen LogP contribution in [0.15, 0.2) is 0 Å². The summed E-state index contributed by atoms with van der Waals surface area (Å²) in [6.07, 6.45) is 0.507. The van der Waals surface area contributed by atoms with E-state index in [1.54, 1.807) is 0 Å². The van der Waals surface area contributed by atoms with Crippen molar-refractivity contribution in [3.8, 4) is 0 Å². The van der Waals surface area contributed by atoms with Crippen molar-refractivity contribution >= 4 is 17.8 Å². The maximum Gasteiger partial charge on any atom is 0.326 e. The van der Waals surface area contributed by atoms with Crippen LogP contribution >= 0.6 is 0 Å². The molecule has 0 aromatic carbocycles. The highest BCUT2D eigenvalue weighted by molar-refractivity contribution is 5.91. The van der Waals surface area contributed by atoms with E-state index in [4.69, 9.17) is 28.0 Å². The van der Waals surface area contributed by atoms with Crippen molar-refractivity contribution in [1.82, 2.24) is 10.6 Å². The molecular formula is C12H26N6O4. The van der Waals surface area contributed by atoms with Gasteiger partial charge in [0.15, 0.2) is 0 Å². The lowest BCUT2D eigenvalue weighted by Gasteiger charge is -2.22. The van der Waals surface area contributed by atoms with E-state index in [0.29, 0.717) is 0 Å². The number of nitrogens with one attached hydrogen (secondary N) is 2. The molecule has 10 nitrogen and oxygen atoms in total. The van der Waals surface area contributed by atoms with Gasteiger partial charge in [-0.1, -0.05) is 0 Å². The normalized spacial score (nSPS) is 14.7. The van der Waals surface area contributed by atoms with E-state index in [9.17, 15) is 14.4 Å². The standard InChI is InChI=1S/C12H26N6O4/c13-4-1-7(16)10(19)17-8(2-5-14)11(20)18-9(3-6-15)12(21)22/h7-9H,1-6,13-16H2,(H,17,19)(H,18,20)(H,21,22)/t7-,8-,9-/m0/s1. The van der Waals surface area contributed by atoms with Gasteiger partial charge in [0, 0.05) is 0 Å². The number of amides is 2. The fourth-order valence-corrected chi connectivity index (χ4v) is 1.72. The lowest BCUT2D eigenvalue weighted by molar-refractivity contribution is -0.142. The molecule has 0 heterocycles. The van der Waals surface area contributed by atoms with Crippen molar-refractivity contribution < 1.29 is 19.5 Å². The van der Waals surface area contributed by atoms with Gasteiger partial charge < -0.3 is 38.7 Å². The molecule has 0 radical (unpaired) electrons. The number of rotatable bonds is 11. The molecule has 0 saturated carbocycles. The second kappa shape index (κ2) is 10.9. The number of carbonyl (C=O) groups excluding carboxylic acids is 2. The molecule has 0 saturated heterocycles. The molecule has 0 spiro atoms. The van der Waals surface area contributed by atoms with E-state index < -0.39 is 35.9 Å². The maximum absolute atomic E-state index is 12.1. The van der Waals surface area contributed by atoms with Crippen LogP contribution in [-0.4, -0.2) is 60.6 Å². The Kier molecular flexibility index (Phi) is 10.0. The number of carboxylic acid groups (broad SMARTS) is 1. The van der Waals surface area contributed by atoms with Crippen molar-refractivity contribution in [3.05, 3.63) is 0 Å². The molecule has 128 valence electrons. The van der Waals surface area contributed by atoms with Crippen LogP contribution in [-0.2, 0) is 14.4 Å². The van der Waals surface area contributed by atoms with Crippen LogP contribution in [0.5, 0.6) is 0 Å². The predicted octanol–water partition coefficient (Wildman–Crippen LogP) is -3.59. The summed E-state index contributed by atoms with van der Waals surface area (Å²) >= 11 is 0. The van der Waals surface area contributed by atoms with Gasteiger partial charge in [-0.15, -0.1) is 0 Å². The molecule has 0 aliphatic rings. The fourth-order valence-electron chi connectivity index (χ4n) is 1.72. The molecule has 10 heteroatoms. The minimum absolute atomic E-state index is 0.0804. The van der Waals surface area contributed by atoms with E-state index in [1.165, 1.54) is 0 Å². The first kappa shape index (κ1) is 20.2. The largest absolute Gasteiger partial charge is 0.480 e. The van der Waals surface area contributed by atoms with Gasteiger partial charge in [-0.2, -0.15) is 0 Å². The lowest BCUT2D eigenvalue weighted by atomic mass is 10.1. The molecule has 0 fully saturated rings. The van der Waals surface area contributed by atoms with Crippen molar-refractivity contribution in [2.45, 2.75) is 37.4 Å². The molecule has 11 N–H and O–H groups in total. The molecule has 0 aromatic rings. The summed E-state index contributed by atoms with van der Waals surface area (Å²) < 4.78 is 0. The number of nitrogens with two attached hydrogens (primary N) is 4. The summed E-state index contributed by atoms with van der Waals surface area (Å²) in [5.74, 6) is -2.37. The monoisotopic (exact) mass is 318 g/mol. The van der Waals surface area contributed by atoms with Crippen LogP contribution in [0.1, 0.15) is 19.3 Å². The van der Waals surface area contributed by atoms with Gasteiger partial charge in [-0.05, 0) is 38.9 Å². The van der Waals surface area contributed by atoms with Gasteiger partial charge in [0.25, 0.3) is 0 Å². The zero-order chi connectivity index (χ0) is 17.1. The van der Waals surface area contributed by atoms with Gasteiger partial charge >= 0.3 is 5.97 Å². The second-order valence-corrected chi connectivity index (χ2v) is 4.80. The van der Waals surface area contributed by atoms with Crippen LogP contribution < -0.4 is 33.6 Å². The summed E-state index contributed by atoms with van der Waals surface area (Å²) in [6.45, 7) is 0.478. The minimum Gasteiger partial charge on any atom is -0.480 e. The Morgan fingerprint density at radius 3 is 1.73 bits per heavy atom. The van der Waals surface area contributed by atoms with Crippen molar-refractivity contribution in [3.63, 3.8) is 0 Å². The molecule has 0 aromatic heterocycles. The molecular weight excluding hydrogens is 292 g/mol. The third-order valence-electron chi connectivity index (χ3n) is 2.97. The summed E-state index contributed by atoms with van der Waals surface area (Å²) in [4.78, 5) is 34.9. The summed E-state index contributed by atoms with van der Waals surface area (Å²) in [7, 11) is 0. The number of carboxylic acids is 1. The summed E-state index contributed by atoms with van der Waals surface area (Å²) in [5, 5.41) is 13.8. The van der Waals surface area contributed by atoms with E-state index in [-0.39, 0.29) is 38.9 Å². The Morgan fingerprint density at radius 2 is 1.27 bits per heavy atom. The Balaban J connectivity index is 4.74. The first-order chi connectivity index (χ1) is 10.4. The van der Waals surface area contributed by atoms with Gasteiger partial charge in [0.1, 0.15) is 12.1 Å². The summed E-state index contributed by atoms with van der Waals surface area (Å²) in [5.41, 5.74) is 21.6. The molecule has 22 heavy (non-hydrogen) atoms. The molecule has 0 unspecified atom stereocenters. The number of hydrogen-bond acceptors (Lipinski definition) is 7. The maximum atomic E-state index is 12.1. The van der Waals surface area contributed by atoms with Crippen molar-refractivity contribution in [2.75, 3.05) is 19.6 Å². The van der Waals surface area contributed by atoms with Gasteiger partial charge in [0.05, 0.1) is 6.04 Å². The quantitative estimate of drug-likeness (QED) is 0.202. The van der Waals surface area contributed by atoms with Gasteiger partial charge in [-0.3, -0.25) is 9.59 Å².